The van der Waals surface area contributed by atoms with Gasteiger partial charge in [0, 0.05) is 6.04 Å². The van der Waals surface area contributed by atoms with Crippen molar-refractivity contribution in [1.82, 2.24) is 9.91 Å². The third-order valence-corrected chi connectivity index (χ3v) is 1.58. The van der Waals surface area contributed by atoms with Crippen LogP contribution in [0, 0.1) is 0 Å². The van der Waals surface area contributed by atoms with Crippen molar-refractivity contribution in [3.8, 4) is 0 Å². The van der Waals surface area contributed by atoms with Gasteiger partial charge in [-0.1, -0.05) is 0 Å². The number of hydrogen-bond acceptors (Lipinski definition) is 3. The maximum atomic E-state index is 13.0. The minimum atomic E-state index is -4.72. The van der Waals surface area contributed by atoms with E-state index < -0.39 is 18.8 Å². The number of alkyl halides is 4. The average molecular weight is 199 g/mol. The molecule has 1 heterocycles. The van der Waals surface area contributed by atoms with Crippen LogP contribution in [0.15, 0.2) is 5.10 Å². The summed E-state index contributed by atoms with van der Waals surface area (Å²) >= 11 is 0. The van der Waals surface area contributed by atoms with Crippen molar-refractivity contribution in [2.75, 3.05) is 0 Å². The Morgan fingerprint density at radius 2 is 1.92 bits per heavy atom. The molecule has 0 saturated heterocycles. The molecule has 0 aromatic carbocycles. The molecule has 0 aliphatic carbocycles. The monoisotopic (exact) mass is 199 g/mol. The van der Waals surface area contributed by atoms with Crippen LogP contribution >= 0.6 is 0 Å². The summed E-state index contributed by atoms with van der Waals surface area (Å²) in [6.45, 7) is 3.12. The summed E-state index contributed by atoms with van der Waals surface area (Å²) in [5, 5.41) is 4.05. The first-order valence-electron chi connectivity index (χ1n) is 3.65. The van der Waals surface area contributed by atoms with Crippen LogP contribution in [-0.4, -0.2) is 35.0 Å². The third-order valence-electron chi connectivity index (χ3n) is 1.58. The topological polar surface area (TPSA) is 18.8 Å². The fourth-order valence-electron chi connectivity index (χ4n) is 0.918. The van der Waals surface area contributed by atoms with Crippen LogP contribution in [0.25, 0.3) is 0 Å². The summed E-state index contributed by atoms with van der Waals surface area (Å²) in [6, 6.07) is -0.404. The van der Waals surface area contributed by atoms with Gasteiger partial charge in [-0.2, -0.15) is 9.49 Å². The molecule has 0 aromatic rings. The van der Waals surface area contributed by atoms with Gasteiger partial charge in [-0.25, -0.2) is 9.91 Å². The summed E-state index contributed by atoms with van der Waals surface area (Å²) in [6.07, 6.45) is -6.52. The van der Waals surface area contributed by atoms with Gasteiger partial charge >= 0.3 is 6.30 Å². The van der Waals surface area contributed by atoms with Gasteiger partial charge in [0.2, 0.25) is 0 Å². The number of hydrogen-bond donors (Lipinski definition) is 0. The van der Waals surface area contributed by atoms with Gasteiger partial charge in [0.15, 0.2) is 0 Å². The molecule has 7 heteroatoms. The number of nitrogens with zero attached hydrogens (tertiary/aromatic N) is 3. The first kappa shape index (κ1) is 10.1. The molecule has 1 atom stereocenters. The van der Waals surface area contributed by atoms with Gasteiger partial charge in [0.25, 0.3) is 6.42 Å². The van der Waals surface area contributed by atoms with E-state index in [1.165, 1.54) is 0 Å². The molecule has 1 aliphatic rings. The average Bonchev–Trinajstić information content (AvgIpc) is 2.28. The Bertz CT molecular complexity index is 212. The summed E-state index contributed by atoms with van der Waals surface area (Å²) in [5.74, 6) is 0. The first-order chi connectivity index (χ1) is 5.84. The normalized spacial score (nSPS) is 23.5. The van der Waals surface area contributed by atoms with E-state index in [2.05, 4.69) is 5.10 Å². The molecule has 13 heavy (non-hydrogen) atoms. The first-order valence-corrected chi connectivity index (χ1v) is 3.65. The fraction of sp³-hybridized carbons (Fsp3) is 0.833. The molecule has 1 rings (SSSR count). The molecule has 76 valence electrons. The predicted molar refractivity (Wildman–Crippen MR) is 38.3 cm³/mol. The lowest BCUT2D eigenvalue weighted by Gasteiger charge is -2.27. The van der Waals surface area contributed by atoms with Gasteiger partial charge in [0.1, 0.15) is 6.34 Å². The van der Waals surface area contributed by atoms with Crippen LogP contribution in [0.5, 0.6) is 0 Å². The minimum Gasteiger partial charge on any atom is -0.242 e. The summed E-state index contributed by atoms with van der Waals surface area (Å²) in [7, 11) is 0. The van der Waals surface area contributed by atoms with Gasteiger partial charge in [-0.3, -0.25) is 0 Å². The molecule has 0 radical (unpaired) electrons. The Morgan fingerprint density at radius 3 is 2.15 bits per heavy atom. The summed E-state index contributed by atoms with van der Waals surface area (Å²) < 4.78 is 49.1. The largest absolute Gasteiger partial charge is 0.489 e. The molecule has 1 unspecified atom stereocenters. The molecular formula is C6H9F4N3. The van der Waals surface area contributed by atoms with Crippen molar-refractivity contribution >= 4 is 6.34 Å². The van der Waals surface area contributed by atoms with Crippen molar-refractivity contribution in [3.63, 3.8) is 0 Å². The highest BCUT2D eigenvalue weighted by Crippen LogP contribution is 2.28. The van der Waals surface area contributed by atoms with Gasteiger partial charge in [-0.15, -0.1) is 13.2 Å². The minimum absolute atomic E-state index is 0.382. The number of hydrazone groups is 1. The Labute approximate surface area is 72.6 Å². The quantitative estimate of drug-likeness (QED) is 0.473. The summed E-state index contributed by atoms with van der Waals surface area (Å²) in [4.78, 5) is -0.382. The zero-order valence-corrected chi connectivity index (χ0v) is 7.09. The fourth-order valence-corrected chi connectivity index (χ4v) is 0.918. The second-order valence-electron chi connectivity index (χ2n) is 2.89. The zero-order chi connectivity index (χ0) is 10.2. The molecule has 0 bridgehead atoms. The summed E-state index contributed by atoms with van der Waals surface area (Å²) in [5.41, 5.74) is 0. The number of halogens is 4. The van der Waals surface area contributed by atoms with Crippen molar-refractivity contribution in [3.05, 3.63) is 0 Å². The molecule has 0 saturated carbocycles. The lowest BCUT2D eigenvalue weighted by atomic mass is 10.4. The molecular weight excluding hydrogens is 190 g/mol. The molecule has 0 fully saturated rings. The second-order valence-corrected chi connectivity index (χ2v) is 2.89. The number of rotatable bonds is 1. The van der Waals surface area contributed by atoms with E-state index in [1.54, 1.807) is 13.8 Å². The highest BCUT2D eigenvalue weighted by molar-refractivity contribution is 5.57. The van der Waals surface area contributed by atoms with Crippen molar-refractivity contribution in [2.24, 2.45) is 5.10 Å². The van der Waals surface area contributed by atoms with E-state index in [4.69, 9.17) is 0 Å². The highest BCUT2D eigenvalue weighted by atomic mass is 19.4. The Kier molecular flexibility index (Phi) is 2.36. The van der Waals surface area contributed by atoms with E-state index in [9.17, 15) is 17.6 Å². The third kappa shape index (κ3) is 1.84. The standard InChI is InChI=1S/C6H9F4N3/c1-4(2)13-5(7)12(3-11-13)6(8,9)10/h3-5H,1-2H3. The molecule has 0 N–H and O–H groups in total. The molecule has 1 aliphatic heterocycles. The maximum Gasteiger partial charge on any atom is 0.489 e. The lowest BCUT2D eigenvalue weighted by molar-refractivity contribution is -0.254. The molecule has 0 aromatic heterocycles. The van der Waals surface area contributed by atoms with E-state index in [0.717, 1.165) is 5.01 Å². The SMILES string of the molecule is CC(C)N1N=CN(C(F)(F)F)C1F. The molecule has 0 amide bonds. The van der Waals surface area contributed by atoms with Crippen LogP contribution in [0.4, 0.5) is 17.6 Å². The smallest absolute Gasteiger partial charge is 0.242 e. The van der Waals surface area contributed by atoms with Gasteiger partial charge in [-0.05, 0) is 13.8 Å². The van der Waals surface area contributed by atoms with Crippen LogP contribution in [0.1, 0.15) is 13.8 Å². The van der Waals surface area contributed by atoms with Crippen molar-refractivity contribution in [1.29, 1.82) is 0 Å². The van der Waals surface area contributed by atoms with Crippen molar-refractivity contribution < 1.29 is 17.6 Å². The van der Waals surface area contributed by atoms with Crippen LogP contribution in [0.2, 0.25) is 0 Å². The zero-order valence-electron chi connectivity index (χ0n) is 7.09. The molecule has 0 spiro atoms. The van der Waals surface area contributed by atoms with Crippen molar-refractivity contribution in [2.45, 2.75) is 32.6 Å². The Hall–Kier alpha value is -1.01. The van der Waals surface area contributed by atoms with E-state index in [1.807, 2.05) is 0 Å². The highest BCUT2D eigenvalue weighted by Gasteiger charge is 2.46. The van der Waals surface area contributed by atoms with Gasteiger partial charge in [0.05, 0.1) is 0 Å². The lowest BCUT2D eigenvalue weighted by Crippen LogP contribution is -2.46. The predicted octanol–water partition coefficient (Wildman–Crippen LogP) is 1.73. The Balaban J connectivity index is 2.72. The molecule has 3 nitrogen and oxygen atoms in total. The van der Waals surface area contributed by atoms with Crippen LogP contribution in [-0.2, 0) is 0 Å². The second kappa shape index (κ2) is 3.04. The van der Waals surface area contributed by atoms with Gasteiger partial charge < -0.3 is 0 Å². The van der Waals surface area contributed by atoms with Crippen LogP contribution in [0.3, 0.4) is 0 Å². The van der Waals surface area contributed by atoms with Crippen LogP contribution < -0.4 is 0 Å². The van der Waals surface area contributed by atoms with E-state index >= 15 is 0 Å². The maximum absolute atomic E-state index is 13.0. The Morgan fingerprint density at radius 1 is 1.38 bits per heavy atom. The van der Waals surface area contributed by atoms with E-state index in [0.29, 0.717) is 6.34 Å². The van der Waals surface area contributed by atoms with E-state index in [-0.39, 0.29) is 4.90 Å².